The normalized spacial score (nSPS) is 14.5. The molecule has 8 heteroatoms. The zero-order valence-corrected chi connectivity index (χ0v) is 11.7. The van der Waals surface area contributed by atoms with Crippen LogP contribution in [0, 0.1) is 0 Å². The Kier molecular flexibility index (Phi) is 3.93. The van der Waals surface area contributed by atoms with Gasteiger partial charge in [-0.15, -0.1) is 0 Å². The average Bonchev–Trinajstić information content (AvgIpc) is 3.22. The van der Waals surface area contributed by atoms with E-state index in [0.717, 1.165) is 12.8 Å². The van der Waals surface area contributed by atoms with E-state index >= 15 is 0 Å². The molecule has 0 bridgehead atoms. The van der Waals surface area contributed by atoms with Crippen molar-refractivity contribution in [1.82, 2.24) is 14.9 Å². The molecule has 22 heavy (non-hydrogen) atoms. The summed E-state index contributed by atoms with van der Waals surface area (Å²) >= 11 is 0. The number of anilines is 1. The Morgan fingerprint density at radius 1 is 1.50 bits per heavy atom. The lowest BCUT2D eigenvalue weighted by Gasteiger charge is -2.21. The molecule has 6 nitrogen and oxygen atoms in total. The lowest BCUT2D eigenvalue weighted by atomic mass is 10.3. The van der Waals surface area contributed by atoms with Crippen LogP contribution in [0.1, 0.15) is 25.1 Å². The highest BCUT2D eigenvalue weighted by atomic mass is 19.3. The largest absolute Gasteiger partial charge is 0.395 e. The van der Waals surface area contributed by atoms with E-state index in [1.165, 1.54) is 0 Å². The number of hydrogen-bond acceptors (Lipinski definition) is 3. The molecule has 118 valence electrons. The molecule has 1 aliphatic rings. The molecular weight excluding hydrogens is 294 g/mol. The number of aliphatic hydroxyl groups is 1. The monoisotopic (exact) mass is 310 g/mol. The van der Waals surface area contributed by atoms with Gasteiger partial charge in [0.05, 0.1) is 17.6 Å². The van der Waals surface area contributed by atoms with Gasteiger partial charge in [-0.2, -0.15) is 0 Å². The summed E-state index contributed by atoms with van der Waals surface area (Å²) in [4.78, 5) is 20.1. The lowest BCUT2D eigenvalue weighted by molar-refractivity contribution is 0.142. The van der Waals surface area contributed by atoms with Crippen molar-refractivity contribution in [1.29, 1.82) is 0 Å². The molecule has 3 N–H and O–H groups in total. The number of rotatable bonds is 5. The number of benzene rings is 1. The van der Waals surface area contributed by atoms with Crippen molar-refractivity contribution in [3.05, 3.63) is 24.0 Å². The maximum atomic E-state index is 12.6. The molecule has 0 atom stereocenters. The fourth-order valence-electron chi connectivity index (χ4n) is 2.35. The minimum atomic E-state index is -2.67. The van der Waals surface area contributed by atoms with E-state index in [9.17, 15) is 13.6 Å². The highest BCUT2D eigenvalue weighted by Crippen LogP contribution is 2.27. The molecule has 0 saturated heterocycles. The van der Waals surface area contributed by atoms with Crippen molar-refractivity contribution in [2.24, 2.45) is 0 Å². The summed E-state index contributed by atoms with van der Waals surface area (Å²) in [5, 5.41) is 11.7. The fraction of sp³-hybridized carbons (Fsp3) is 0.429. The number of amides is 2. The van der Waals surface area contributed by atoms with Crippen LogP contribution in [0.2, 0.25) is 0 Å². The minimum Gasteiger partial charge on any atom is -0.395 e. The molecule has 3 rings (SSSR count). The molecule has 2 aromatic rings. The Morgan fingerprint density at radius 3 is 2.91 bits per heavy atom. The molecular formula is C14H16F2N4O2. The number of nitrogens with one attached hydrogen (secondary N) is 2. The molecule has 1 fully saturated rings. The second-order valence-electron chi connectivity index (χ2n) is 5.23. The van der Waals surface area contributed by atoms with Crippen LogP contribution in [0.25, 0.3) is 11.0 Å². The molecule has 2 amide bonds. The van der Waals surface area contributed by atoms with Crippen LogP contribution in [0.15, 0.2) is 18.2 Å². The van der Waals surface area contributed by atoms with Crippen LogP contribution in [-0.4, -0.2) is 45.2 Å². The smallest absolute Gasteiger partial charge is 0.322 e. The molecule has 1 heterocycles. The number of aromatic amines is 1. The molecule has 0 aliphatic heterocycles. The zero-order chi connectivity index (χ0) is 15.7. The van der Waals surface area contributed by atoms with Crippen molar-refractivity contribution < 1.29 is 18.7 Å². The summed E-state index contributed by atoms with van der Waals surface area (Å²) in [6, 6.07) is 4.62. The van der Waals surface area contributed by atoms with Gasteiger partial charge in [-0.25, -0.2) is 18.6 Å². The van der Waals surface area contributed by atoms with Gasteiger partial charge in [0, 0.05) is 18.3 Å². The average molecular weight is 310 g/mol. The first-order chi connectivity index (χ1) is 10.6. The maximum absolute atomic E-state index is 12.6. The third-order valence-corrected chi connectivity index (χ3v) is 3.55. The number of alkyl halides is 2. The number of carbonyl (C=O) groups excluding carboxylic acids is 1. The van der Waals surface area contributed by atoms with Crippen LogP contribution in [0.4, 0.5) is 19.3 Å². The van der Waals surface area contributed by atoms with E-state index in [1.54, 1.807) is 23.1 Å². The molecule has 1 aliphatic carbocycles. The van der Waals surface area contributed by atoms with E-state index in [0.29, 0.717) is 16.7 Å². The first-order valence-electron chi connectivity index (χ1n) is 7.05. The summed E-state index contributed by atoms with van der Waals surface area (Å²) in [6.45, 7) is 0.180. The number of aliphatic hydroxyl groups excluding tert-OH is 1. The summed E-state index contributed by atoms with van der Waals surface area (Å²) < 4.78 is 25.2. The molecule has 0 spiro atoms. The molecule has 1 aromatic heterocycles. The van der Waals surface area contributed by atoms with Gasteiger partial charge in [-0.3, -0.25) is 0 Å². The van der Waals surface area contributed by atoms with Gasteiger partial charge in [0.15, 0.2) is 5.82 Å². The summed E-state index contributed by atoms with van der Waals surface area (Å²) in [5.74, 6) is -0.390. The number of urea groups is 1. The summed E-state index contributed by atoms with van der Waals surface area (Å²) in [7, 11) is 0. The Labute approximate surface area is 125 Å². The quantitative estimate of drug-likeness (QED) is 0.793. The van der Waals surface area contributed by atoms with Gasteiger partial charge in [0.2, 0.25) is 0 Å². The van der Waals surface area contributed by atoms with Gasteiger partial charge in [-0.1, -0.05) is 0 Å². The van der Waals surface area contributed by atoms with E-state index < -0.39 is 12.2 Å². The highest BCUT2D eigenvalue weighted by Gasteiger charge is 2.32. The van der Waals surface area contributed by atoms with Crippen molar-refractivity contribution in [3.8, 4) is 0 Å². The summed E-state index contributed by atoms with van der Waals surface area (Å²) in [6.07, 6.45) is -0.796. The number of halogens is 2. The SMILES string of the molecule is O=C(Nc1ccc2nc(C(F)F)[nH]c2c1)N(CCO)C1CC1. The lowest BCUT2D eigenvalue weighted by Crippen LogP contribution is -2.38. The fourth-order valence-corrected chi connectivity index (χ4v) is 2.35. The number of imidazole rings is 1. The minimum absolute atomic E-state index is 0.0960. The second kappa shape index (κ2) is 5.88. The first kappa shape index (κ1) is 14.7. The molecule has 1 saturated carbocycles. The van der Waals surface area contributed by atoms with Crippen LogP contribution in [0.3, 0.4) is 0 Å². The standard InChI is InChI=1S/C14H16F2N4O2/c15-12(16)13-18-10-4-1-8(7-11(10)19-13)17-14(22)20(5-6-21)9-2-3-9/h1,4,7,9,12,21H,2-3,5-6H2,(H,17,22)(H,18,19). The molecule has 0 unspecified atom stereocenters. The van der Waals surface area contributed by atoms with Crippen LogP contribution in [-0.2, 0) is 0 Å². The van der Waals surface area contributed by atoms with E-state index in [4.69, 9.17) is 5.11 Å². The van der Waals surface area contributed by atoms with E-state index in [-0.39, 0.29) is 25.2 Å². The summed E-state index contributed by atoms with van der Waals surface area (Å²) in [5.41, 5.74) is 1.35. The Balaban J connectivity index is 1.76. The van der Waals surface area contributed by atoms with Gasteiger partial charge >= 0.3 is 6.03 Å². The second-order valence-corrected chi connectivity index (χ2v) is 5.23. The van der Waals surface area contributed by atoms with Crippen molar-refractivity contribution in [2.45, 2.75) is 25.3 Å². The van der Waals surface area contributed by atoms with Crippen LogP contribution >= 0.6 is 0 Å². The van der Waals surface area contributed by atoms with Gasteiger partial charge in [0.1, 0.15) is 0 Å². The number of nitrogens with zero attached hydrogens (tertiary/aromatic N) is 2. The number of aromatic nitrogens is 2. The zero-order valence-electron chi connectivity index (χ0n) is 11.7. The molecule has 0 radical (unpaired) electrons. The van der Waals surface area contributed by atoms with Gasteiger partial charge in [0.25, 0.3) is 6.43 Å². The highest BCUT2D eigenvalue weighted by molar-refractivity contribution is 5.92. The predicted octanol–water partition coefficient (Wildman–Crippen LogP) is 2.49. The third-order valence-electron chi connectivity index (χ3n) is 3.55. The van der Waals surface area contributed by atoms with Gasteiger partial charge in [-0.05, 0) is 31.0 Å². The first-order valence-corrected chi connectivity index (χ1v) is 7.05. The van der Waals surface area contributed by atoms with Crippen molar-refractivity contribution in [3.63, 3.8) is 0 Å². The number of fused-ring (bicyclic) bond motifs is 1. The molecule has 1 aromatic carbocycles. The Morgan fingerprint density at radius 2 is 2.27 bits per heavy atom. The van der Waals surface area contributed by atoms with Crippen LogP contribution in [0.5, 0.6) is 0 Å². The van der Waals surface area contributed by atoms with E-state index in [1.807, 2.05) is 0 Å². The third kappa shape index (κ3) is 3.01. The number of H-pyrrole nitrogens is 1. The van der Waals surface area contributed by atoms with Crippen LogP contribution < -0.4 is 5.32 Å². The topological polar surface area (TPSA) is 81.2 Å². The Bertz CT molecular complexity index is 685. The number of hydrogen-bond donors (Lipinski definition) is 3. The Hall–Kier alpha value is -2.22. The number of carbonyl (C=O) groups is 1. The maximum Gasteiger partial charge on any atom is 0.322 e. The van der Waals surface area contributed by atoms with Gasteiger partial charge < -0.3 is 20.3 Å². The predicted molar refractivity (Wildman–Crippen MR) is 76.9 cm³/mol. The van der Waals surface area contributed by atoms with Crippen molar-refractivity contribution in [2.75, 3.05) is 18.5 Å². The van der Waals surface area contributed by atoms with Crippen molar-refractivity contribution >= 4 is 22.8 Å². The van der Waals surface area contributed by atoms with E-state index in [2.05, 4.69) is 15.3 Å².